The van der Waals surface area contributed by atoms with E-state index in [2.05, 4.69) is 5.32 Å². The van der Waals surface area contributed by atoms with Gasteiger partial charge in [0, 0.05) is 6.04 Å². The van der Waals surface area contributed by atoms with Gasteiger partial charge in [0.05, 0.1) is 5.60 Å². The highest BCUT2D eigenvalue weighted by molar-refractivity contribution is 4.99. The minimum Gasteiger partial charge on any atom is -0.388 e. The molecule has 76 valence electrons. The minimum atomic E-state index is -0.440. The van der Waals surface area contributed by atoms with Crippen LogP contribution in [0.1, 0.15) is 45.4 Å². The lowest BCUT2D eigenvalue weighted by Gasteiger charge is -2.33. The number of hydrogen-bond acceptors (Lipinski definition) is 2. The summed E-state index contributed by atoms with van der Waals surface area (Å²) < 4.78 is 0. The van der Waals surface area contributed by atoms with Crippen molar-refractivity contribution in [2.24, 2.45) is 5.92 Å². The second kappa shape index (κ2) is 3.58. The summed E-state index contributed by atoms with van der Waals surface area (Å²) in [5.74, 6) is 0.572. The van der Waals surface area contributed by atoms with E-state index in [1.165, 1.54) is 32.1 Å². The van der Waals surface area contributed by atoms with Crippen molar-refractivity contribution in [2.45, 2.75) is 57.1 Å². The zero-order valence-electron chi connectivity index (χ0n) is 8.55. The lowest BCUT2D eigenvalue weighted by Crippen LogP contribution is -2.49. The van der Waals surface area contributed by atoms with Crippen LogP contribution in [0.15, 0.2) is 0 Å². The third-order valence-electron chi connectivity index (χ3n) is 3.67. The molecule has 0 amide bonds. The smallest absolute Gasteiger partial charge is 0.0799 e. The summed E-state index contributed by atoms with van der Waals surface area (Å²) in [5.41, 5.74) is -0.440. The molecule has 1 saturated carbocycles. The number of rotatable bonds is 2. The molecule has 13 heavy (non-hydrogen) atoms. The van der Waals surface area contributed by atoms with E-state index in [0.29, 0.717) is 12.0 Å². The van der Waals surface area contributed by atoms with Crippen LogP contribution in [0.4, 0.5) is 0 Å². The summed E-state index contributed by atoms with van der Waals surface area (Å²) in [6.45, 7) is 3.11. The maximum Gasteiger partial charge on any atom is 0.0799 e. The largest absolute Gasteiger partial charge is 0.388 e. The van der Waals surface area contributed by atoms with Crippen molar-refractivity contribution >= 4 is 0 Å². The van der Waals surface area contributed by atoms with E-state index in [1.54, 1.807) is 0 Å². The monoisotopic (exact) mass is 183 g/mol. The molecule has 0 aromatic rings. The number of aliphatic hydroxyl groups is 1. The Labute approximate surface area is 80.7 Å². The first kappa shape index (κ1) is 9.47. The Hall–Kier alpha value is -0.0800. The molecule has 1 aliphatic heterocycles. The van der Waals surface area contributed by atoms with Crippen molar-refractivity contribution in [1.29, 1.82) is 0 Å². The Kier molecular flexibility index (Phi) is 2.61. The van der Waals surface area contributed by atoms with Crippen LogP contribution in [0.3, 0.4) is 0 Å². The summed E-state index contributed by atoms with van der Waals surface area (Å²) in [6, 6.07) is 0.350. The van der Waals surface area contributed by atoms with Gasteiger partial charge in [0.25, 0.3) is 0 Å². The van der Waals surface area contributed by atoms with Gasteiger partial charge in [-0.3, -0.25) is 0 Å². The van der Waals surface area contributed by atoms with Crippen LogP contribution in [0, 0.1) is 5.92 Å². The van der Waals surface area contributed by atoms with Crippen molar-refractivity contribution in [3.63, 3.8) is 0 Å². The Morgan fingerprint density at radius 3 is 2.62 bits per heavy atom. The van der Waals surface area contributed by atoms with Crippen LogP contribution in [-0.2, 0) is 0 Å². The van der Waals surface area contributed by atoms with Crippen molar-refractivity contribution in [1.82, 2.24) is 5.32 Å². The first-order chi connectivity index (χ1) is 6.21. The number of nitrogens with one attached hydrogen (secondary N) is 1. The zero-order chi connectivity index (χ0) is 9.31. The topological polar surface area (TPSA) is 32.3 Å². The van der Waals surface area contributed by atoms with Gasteiger partial charge in [-0.15, -0.1) is 0 Å². The highest BCUT2D eigenvalue weighted by Gasteiger charge is 2.45. The van der Waals surface area contributed by atoms with Crippen LogP contribution in [0.2, 0.25) is 0 Å². The SMILES string of the molecule is CC(O)(C1CC1)C1CCCCCN1. The molecule has 1 heterocycles. The van der Waals surface area contributed by atoms with Gasteiger partial charge in [0.1, 0.15) is 0 Å². The summed E-state index contributed by atoms with van der Waals surface area (Å²) in [5, 5.41) is 13.8. The molecule has 2 rings (SSSR count). The highest BCUT2D eigenvalue weighted by atomic mass is 16.3. The van der Waals surface area contributed by atoms with Crippen LogP contribution < -0.4 is 5.32 Å². The van der Waals surface area contributed by atoms with Gasteiger partial charge in [-0.05, 0) is 45.1 Å². The Morgan fingerprint density at radius 1 is 1.15 bits per heavy atom. The molecule has 0 radical (unpaired) electrons. The van der Waals surface area contributed by atoms with Gasteiger partial charge >= 0.3 is 0 Å². The lowest BCUT2D eigenvalue weighted by molar-refractivity contribution is -0.00318. The van der Waals surface area contributed by atoms with E-state index < -0.39 is 5.60 Å². The lowest BCUT2D eigenvalue weighted by atomic mass is 9.88. The molecule has 1 aliphatic carbocycles. The zero-order valence-corrected chi connectivity index (χ0v) is 8.55. The minimum absolute atomic E-state index is 0.350. The predicted octanol–water partition coefficient (Wildman–Crippen LogP) is 1.68. The predicted molar refractivity (Wildman–Crippen MR) is 53.6 cm³/mol. The highest BCUT2D eigenvalue weighted by Crippen LogP contribution is 2.42. The average Bonchev–Trinajstić information content (AvgIpc) is 2.93. The van der Waals surface area contributed by atoms with Gasteiger partial charge in [-0.25, -0.2) is 0 Å². The van der Waals surface area contributed by atoms with Crippen LogP contribution in [0.25, 0.3) is 0 Å². The Bertz CT molecular complexity index is 167. The van der Waals surface area contributed by atoms with Crippen LogP contribution in [-0.4, -0.2) is 23.3 Å². The second-order valence-corrected chi connectivity index (χ2v) is 4.86. The van der Waals surface area contributed by atoms with E-state index >= 15 is 0 Å². The maximum atomic E-state index is 10.3. The van der Waals surface area contributed by atoms with E-state index in [-0.39, 0.29) is 0 Å². The third kappa shape index (κ3) is 2.05. The third-order valence-corrected chi connectivity index (χ3v) is 3.67. The maximum absolute atomic E-state index is 10.3. The van der Waals surface area contributed by atoms with Crippen molar-refractivity contribution < 1.29 is 5.11 Å². The normalized spacial score (nSPS) is 35.1. The first-order valence-corrected chi connectivity index (χ1v) is 5.67. The second-order valence-electron chi connectivity index (χ2n) is 4.86. The van der Waals surface area contributed by atoms with Crippen LogP contribution in [0.5, 0.6) is 0 Å². The molecule has 2 atom stereocenters. The van der Waals surface area contributed by atoms with Gasteiger partial charge in [-0.1, -0.05) is 12.8 Å². The molecule has 1 saturated heterocycles. The molecule has 2 nitrogen and oxygen atoms in total. The number of hydrogen-bond donors (Lipinski definition) is 2. The quantitative estimate of drug-likeness (QED) is 0.682. The molecule has 2 aliphatic rings. The molecular weight excluding hydrogens is 162 g/mol. The van der Waals surface area contributed by atoms with Crippen LogP contribution >= 0.6 is 0 Å². The van der Waals surface area contributed by atoms with Gasteiger partial charge in [-0.2, -0.15) is 0 Å². The Balaban J connectivity index is 1.95. The average molecular weight is 183 g/mol. The first-order valence-electron chi connectivity index (χ1n) is 5.67. The molecule has 2 heteroatoms. The van der Waals surface area contributed by atoms with Crippen molar-refractivity contribution in [3.8, 4) is 0 Å². The molecule has 0 spiro atoms. The standard InChI is InChI=1S/C11H21NO/c1-11(13,9-6-7-9)10-5-3-2-4-8-12-10/h9-10,12-13H,2-8H2,1H3. The summed E-state index contributed by atoms with van der Waals surface area (Å²) in [6.07, 6.45) is 7.49. The van der Waals surface area contributed by atoms with Crippen molar-refractivity contribution in [2.75, 3.05) is 6.54 Å². The van der Waals surface area contributed by atoms with Gasteiger partial charge < -0.3 is 10.4 Å². The van der Waals surface area contributed by atoms with E-state index in [0.717, 1.165) is 13.0 Å². The van der Waals surface area contributed by atoms with Gasteiger partial charge in [0.2, 0.25) is 0 Å². The van der Waals surface area contributed by atoms with E-state index in [9.17, 15) is 5.11 Å². The molecule has 0 aromatic carbocycles. The molecule has 2 N–H and O–H groups in total. The molecular formula is C11H21NO. The fraction of sp³-hybridized carbons (Fsp3) is 1.00. The van der Waals surface area contributed by atoms with E-state index in [4.69, 9.17) is 0 Å². The summed E-state index contributed by atoms with van der Waals surface area (Å²) >= 11 is 0. The summed E-state index contributed by atoms with van der Waals surface area (Å²) in [4.78, 5) is 0. The van der Waals surface area contributed by atoms with Crippen molar-refractivity contribution in [3.05, 3.63) is 0 Å². The molecule has 0 bridgehead atoms. The molecule has 0 aromatic heterocycles. The fourth-order valence-electron chi connectivity index (χ4n) is 2.48. The van der Waals surface area contributed by atoms with Gasteiger partial charge in [0.15, 0.2) is 0 Å². The summed E-state index contributed by atoms with van der Waals surface area (Å²) in [7, 11) is 0. The Morgan fingerprint density at radius 2 is 1.92 bits per heavy atom. The molecule has 2 unspecified atom stereocenters. The fourth-order valence-corrected chi connectivity index (χ4v) is 2.48. The van der Waals surface area contributed by atoms with E-state index in [1.807, 2.05) is 6.92 Å². The molecule has 2 fully saturated rings.